The van der Waals surface area contributed by atoms with E-state index in [1.54, 1.807) is 37.3 Å². The summed E-state index contributed by atoms with van der Waals surface area (Å²) in [6.07, 6.45) is -0.852. The van der Waals surface area contributed by atoms with Gasteiger partial charge in [-0.3, -0.25) is 20.4 Å². The summed E-state index contributed by atoms with van der Waals surface area (Å²) in [6.45, 7) is 7.63. The van der Waals surface area contributed by atoms with Crippen LogP contribution < -0.4 is 20.3 Å². The third-order valence-corrected chi connectivity index (χ3v) is 4.92. The molecule has 1 atom stereocenters. The van der Waals surface area contributed by atoms with Crippen molar-refractivity contribution in [2.45, 2.75) is 39.2 Å². The van der Waals surface area contributed by atoms with Crippen LogP contribution in [0.2, 0.25) is 5.02 Å². The molecule has 0 radical (unpaired) electrons. The van der Waals surface area contributed by atoms with E-state index < -0.39 is 17.9 Å². The molecule has 0 saturated heterocycles. The Morgan fingerprint density at radius 3 is 2.41 bits per heavy atom. The van der Waals surface area contributed by atoms with Crippen molar-refractivity contribution in [3.05, 3.63) is 57.5 Å². The topological polar surface area (TPSA) is 76.7 Å². The summed E-state index contributed by atoms with van der Waals surface area (Å²) in [5.74, 6) is -0.103. The van der Waals surface area contributed by atoms with Crippen LogP contribution in [-0.4, -0.2) is 24.5 Å². The van der Waals surface area contributed by atoms with Crippen molar-refractivity contribution in [3.8, 4) is 11.5 Å². The van der Waals surface area contributed by atoms with E-state index in [0.717, 1.165) is 10.0 Å². The normalized spacial score (nSPS) is 12.1. The fraction of sp³-hybridized carbons (Fsp3) is 0.333. The molecule has 0 saturated carbocycles. The van der Waals surface area contributed by atoms with E-state index in [2.05, 4.69) is 47.6 Å². The summed E-state index contributed by atoms with van der Waals surface area (Å²) in [4.78, 5) is 24.0. The summed E-state index contributed by atoms with van der Waals surface area (Å²) in [5, 5.41) is 0.396. The molecule has 2 N–H and O–H groups in total. The summed E-state index contributed by atoms with van der Waals surface area (Å²) in [6, 6.07) is 12.5. The molecule has 2 aromatic carbocycles. The molecule has 2 aromatic rings. The van der Waals surface area contributed by atoms with Gasteiger partial charge < -0.3 is 9.47 Å². The fourth-order valence-corrected chi connectivity index (χ4v) is 2.95. The highest BCUT2D eigenvalue weighted by molar-refractivity contribution is 9.10. The highest BCUT2D eigenvalue weighted by atomic mass is 79.9. The Hall–Kier alpha value is -2.25. The maximum Gasteiger partial charge on any atom is 0.279 e. The Bertz CT molecular complexity index is 883. The Labute approximate surface area is 184 Å². The van der Waals surface area contributed by atoms with E-state index >= 15 is 0 Å². The van der Waals surface area contributed by atoms with E-state index in [-0.39, 0.29) is 12.0 Å². The van der Waals surface area contributed by atoms with E-state index in [1.165, 1.54) is 0 Å². The lowest BCUT2D eigenvalue weighted by molar-refractivity contribution is -0.133. The number of para-hydroxylation sites is 1. The predicted molar refractivity (Wildman–Crippen MR) is 116 cm³/mol. The van der Waals surface area contributed by atoms with Gasteiger partial charge >= 0.3 is 0 Å². The van der Waals surface area contributed by atoms with Gasteiger partial charge in [-0.1, -0.05) is 50.6 Å². The predicted octanol–water partition coefficient (Wildman–Crippen LogP) is 4.39. The third-order valence-electron chi connectivity index (χ3n) is 3.99. The molecule has 2 amide bonds. The largest absolute Gasteiger partial charge is 0.483 e. The Morgan fingerprint density at radius 2 is 1.79 bits per heavy atom. The number of nitrogens with one attached hydrogen (secondary N) is 2. The molecule has 0 aliphatic carbocycles. The number of rotatable bonds is 6. The number of carbonyl (C=O) groups excluding carboxylic acids is 2. The molecule has 0 aromatic heterocycles. The van der Waals surface area contributed by atoms with Crippen molar-refractivity contribution >= 4 is 39.3 Å². The highest BCUT2D eigenvalue weighted by Gasteiger charge is 2.18. The minimum absolute atomic E-state index is 0.00541. The lowest BCUT2D eigenvalue weighted by atomic mass is 9.87. The van der Waals surface area contributed by atoms with Crippen LogP contribution in [0.15, 0.2) is 46.9 Å². The lowest BCUT2D eigenvalue weighted by Crippen LogP contribution is -2.48. The molecule has 6 nitrogen and oxygen atoms in total. The lowest BCUT2D eigenvalue weighted by Gasteiger charge is -2.20. The van der Waals surface area contributed by atoms with Crippen LogP contribution in [0.25, 0.3) is 0 Å². The second kappa shape index (κ2) is 9.98. The Morgan fingerprint density at radius 1 is 1.10 bits per heavy atom. The van der Waals surface area contributed by atoms with Gasteiger partial charge in [0.1, 0.15) is 11.5 Å². The van der Waals surface area contributed by atoms with Crippen molar-refractivity contribution in [1.82, 2.24) is 10.9 Å². The van der Waals surface area contributed by atoms with Gasteiger partial charge in [-0.15, -0.1) is 0 Å². The van der Waals surface area contributed by atoms with Crippen molar-refractivity contribution < 1.29 is 19.1 Å². The van der Waals surface area contributed by atoms with Crippen molar-refractivity contribution in [2.75, 3.05) is 6.61 Å². The van der Waals surface area contributed by atoms with E-state index in [0.29, 0.717) is 16.5 Å². The first-order valence-electron chi connectivity index (χ1n) is 9.00. The van der Waals surface area contributed by atoms with Crippen LogP contribution in [0.1, 0.15) is 33.3 Å². The first-order valence-corrected chi connectivity index (χ1v) is 10.2. The maximum absolute atomic E-state index is 12.1. The standard InChI is InChI=1S/C21H24BrClN2O4/c1-13(29-18-8-6-5-7-16(18)23)20(27)25-24-19(26)12-28-17-10-9-14(11-15(17)22)21(2,3)4/h5-11,13H,12H2,1-4H3,(H,24,26)(H,25,27). The molecule has 156 valence electrons. The Balaban J connectivity index is 1.81. The van der Waals surface area contributed by atoms with Crippen molar-refractivity contribution in [2.24, 2.45) is 0 Å². The van der Waals surface area contributed by atoms with Gasteiger partial charge in [0.05, 0.1) is 9.50 Å². The molecule has 1 unspecified atom stereocenters. The molecule has 0 aliphatic heterocycles. The molecule has 8 heteroatoms. The van der Waals surface area contributed by atoms with E-state index in [9.17, 15) is 9.59 Å². The van der Waals surface area contributed by atoms with Crippen LogP contribution >= 0.6 is 27.5 Å². The van der Waals surface area contributed by atoms with Crippen LogP contribution in [-0.2, 0) is 15.0 Å². The van der Waals surface area contributed by atoms with Gasteiger partial charge in [0.2, 0.25) is 0 Å². The second-order valence-corrected chi connectivity index (χ2v) is 8.67. The summed E-state index contributed by atoms with van der Waals surface area (Å²) in [7, 11) is 0. The summed E-state index contributed by atoms with van der Waals surface area (Å²) >= 11 is 9.46. The number of halogens is 2. The first kappa shape index (κ1) is 23.0. The number of hydrazine groups is 1. The molecule has 2 rings (SSSR count). The van der Waals surface area contributed by atoms with Crippen molar-refractivity contribution in [3.63, 3.8) is 0 Å². The summed E-state index contributed by atoms with van der Waals surface area (Å²) in [5.41, 5.74) is 5.75. The van der Waals surface area contributed by atoms with Gasteiger partial charge in [-0.2, -0.15) is 0 Å². The zero-order valence-electron chi connectivity index (χ0n) is 16.7. The first-order chi connectivity index (χ1) is 13.6. The average molecular weight is 484 g/mol. The maximum atomic E-state index is 12.1. The smallest absolute Gasteiger partial charge is 0.279 e. The zero-order valence-corrected chi connectivity index (χ0v) is 19.1. The van der Waals surface area contributed by atoms with Gasteiger partial charge in [0, 0.05) is 0 Å². The molecule has 0 bridgehead atoms. The second-order valence-electron chi connectivity index (χ2n) is 7.41. The number of amides is 2. The SMILES string of the molecule is CC(Oc1ccccc1Cl)C(=O)NNC(=O)COc1ccc(C(C)(C)C)cc1Br. The Kier molecular flexibility index (Phi) is 7.93. The van der Waals surface area contributed by atoms with Crippen LogP contribution in [0.5, 0.6) is 11.5 Å². The molecule has 0 spiro atoms. The summed E-state index contributed by atoms with van der Waals surface area (Å²) < 4.78 is 11.8. The zero-order chi connectivity index (χ0) is 21.6. The number of carbonyl (C=O) groups is 2. The highest BCUT2D eigenvalue weighted by Crippen LogP contribution is 2.31. The minimum atomic E-state index is -0.852. The van der Waals surface area contributed by atoms with Gasteiger partial charge in [0.25, 0.3) is 11.8 Å². The molecule has 0 heterocycles. The minimum Gasteiger partial charge on any atom is -0.483 e. The van der Waals surface area contributed by atoms with Crippen LogP contribution in [0.3, 0.4) is 0 Å². The monoisotopic (exact) mass is 482 g/mol. The number of ether oxygens (including phenoxy) is 2. The number of hydrogen-bond acceptors (Lipinski definition) is 4. The fourth-order valence-electron chi connectivity index (χ4n) is 2.28. The molecule has 0 fully saturated rings. The van der Waals surface area contributed by atoms with Gasteiger partial charge in [0.15, 0.2) is 12.7 Å². The molecular weight excluding hydrogens is 460 g/mol. The molecule has 29 heavy (non-hydrogen) atoms. The van der Waals surface area contributed by atoms with Crippen LogP contribution in [0.4, 0.5) is 0 Å². The average Bonchev–Trinajstić information content (AvgIpc) is 2.66. The van der Waals surface area contributed by atoms with Crippen molar-refractivity contribution in [1.29, 1.82) is 0 Å². The number of benzene rings is 2. The van der Waals surface area contributed by atoms with Gasteiger partial charge in [-0.05, 0) is 58.1 Å². The molecule has 0 aliphatic rings. The van der Waals surface area contributed by atoms with Crippen LogP contribution in [0, 0.1) is 0 Å². The van der Waals surface area contributed by atoms with E-state index in [4.69, 9.17) is 21.1 Å². The van der Waals surface area contributed by atoms with Gasteiger partial charge in [-0.25, -0.2) is 0 Å². The number of hydrogen-bond donors (Lipinski definition) is 2. The third kappa shape index (κ3) is 6.94. The van der Waals surface area contributed by atoms with E-state index in [1.807, 2.05) is 12.1 Å². The quantitative estimate of drug-likeness (QED) is 0.597. The molecular formula is C21H24BrClN2O4.